The number of rotatable bonds is 3. The predicted octanol–water partition coefficient (Wildman–Crippen LogP) is 1.09. The van der Waals surface area contributed by atoms with Gasteiger partial charge in [0, 0.05) is 0 Å². The zero-order valence-electron chi connectivity index (χ0n) is 8.45. The topological polar surface area (TPSA) is 80.7 Å². The van der Waals surface area contributed by atoms with Crippen LogP contribution in [0, 0.1) is 0 Å². The highest BCUT2D eigenvalue weighted by molar-refractivity contribution is 7.91. The first-order valence-electron chi connectivity index (χ1n) is 4.27. The molecule has 0 heterocycles. The van der Waals surface area contributed by atoms with Gasteiger partial charge in [0.05, 0.1) is 7.11 Å². The Bertz CT molecular complexity index is 501. The second-order valence-corrected chi connectivity index (χ2v) is 4.28. The molecular formula is C10H10O5S. The molecule has 0 aliphatic carbocycles. The standard InChI is InChI=1S/C10H10O5S/c1-15-10(11)9(16(12,13)14)7-8-5-3-2-4-6-8/h2-7H,1H3,(H,12,13,14). The van der Waals surface area contributed by atoms with Gasteiger partial charge >= 0.3 is 16.1 Å². The maximum Gasteiger partial charge on any atom is 0.352 e. The summed E-state index contributed by atoms with van der Waals surface area (Å²) in [5.74, 6) is -1.11. The summed E-state index contributed by atoms with van der Waals surface area (Å²) in [4.78, 5) is 10.3. The monoisotopic (exact) mass is 242 g/mol. The second-order valence-electron chi connectivity index (χ2n) is 2.89. The van der Waals surface area contributed by atoms with Gasteiger partial charge in [-0.15, -0.1) is 0 Å². The van der Waals surface area contributed by atoms with Crippen molar-refractivity contribution in [3.05, 3.63) is 40.8 Å². The Morgan fingerprint density at radius 1 is 1.31 bits per heavy atom. The van der Waals surface area contributed by atoms with Crippen molar-refractivity contribution >= 4 is 22.2 Å². The molecule has 1 aromatic carbocycles. The molecule has 0 radical (unpaired) electrons. The summed E-state index contributed by atoms with van der Waals surface area (Å²) < 4.78 is 35.0. The molecule has 6 heteroatoms. The molecule has 0 bridgehead atoms. The summed E-state index contributed by atoms with van der Waals surface area (Å²) in [5.41, 5.74) is 0.473. The zero-order valence-corrected chi connectivity index (χ0v) is 9.27. The van der Waals surface area contributed by atoms with E-state index in [2.05, 4.69) is 4.74 Å². The minimum absolute atomic E-state index is 0.473. The van der Waals surface area contributed by atoms with E-state index in [0.29, 0.717) is 5.56 Å². The van der Waals surface area contributed by atoms with Gasteiger partial charge in [-0.2, -0.15) is 8.42 Å². The fourth-order valence-electron chi connectivity index (χ4n) is 1.04. The molecule has 16 heavy (non-hydrogen) atoms. The number of carbonyl (C=O) groups is 1. The molecule has 1 N–H and O–H groups in total. The molecule has 0 aliphatic heterocycles. The van der Waals surface area contributed by atoms with Crippen molar-refractivity contribution in [2.45, 2.75) is 0 Å². The molecule has 5 nitrogen and oxygen atoms in total. The van der Waals surface area contributed by atoms with Crippen LogP contribution >= 0.6 is 0 Å². The number of hydrogen-bond acceptors (Lipinski definition) is 4. The number of benzene rings is 1. The molecular weight excluding hydrogens is 232 g/mol. The van der Waals surface area contributed by atoms with Crippen molar-refractivity contribution in [2.24, 2.45) is 0 Å². The van der Waals surface area contributed by atoms with Gasteiger partial charge in [0.25, 0.3) is 0 Å². The highest BCUT2D eigenvalue weighted by Gasteiger charge is 2.23. The number of hydrogen-bond donors (Lipinski definition) is 1. The van der Waals surface area contributed by atoms with Gasteiger partial charge in [-0.25, -0.2) is 4.79 Å². The van der Waals surface area contributed by atoms with E-state index < -0.39 is 21.0 Å². The Kier molecular flexibility index (Phi) is 3.81. The quantitative estimate of drug-likeness (QED) is 0.487. The number of methoxy groups -OCH3 is 1. The average Bonchev–Trinajstić information content (AvgIpc) is 2.25. The molecule has 86 valence electrons. The first-order chi connectivity index (χ1) is 7.45. The van der Waals surface area contributed by atoms with Crippen LogP contribution in [0.2, 0.25) is 0 Å². The largest absolute Gasteiger partial charge is 0.465 e. The molecule has 0 saturated heterocycles. The Balaban J connectivity index is 3.23. The molecule has 1 aromatic rings. The van der Waals surface area contributed by atoms with Crippen LogP contribution in [0.3, 0.4) is 0 Å². The summed E-state index contributed by atoms with van der Waals surface area (Å²) in [5, 5.41) is 0. The third kappa shape index (κ3) is 3.18. The van der Waals surface area contributed by atoms with Gasteiger partial charge in [0.1, 0.15) is 0 Å². The van der Waals surface area contributed by atoms with Crippen LogP contribution < -0.4 is 0 Å². The lowest BCUT2D eigenvalue weighted by atomic mass is 10.2. The van der Waals surface area contributed by atoms with E-state index in [4.69, 9.17) is 4.55 Å². The maximum absolute atomic E-state index is 11.1. The Labute approximate surface area is 93.1 Å². The van der Waals surface area contributed by atoms with Gasteiger partial charge in [-0.3, -0.25) is 4.55 Å². The second kappa shape index (κ2) is 4.91. The van der Waals surface area contributed by atoms with Crippen molar-refractivity contribution in [3.63, 3.8) is 0 Å². The third-order valence-electron chi connectivity index (χ3n) is 1.76. The van der Waals surface area contributed by atoms with E-state index in [-0.39, 0.29) is 0 Å². The van der Waals surface area contributed by atoms with Crippen LogP contribution in [-0.4, -0.2) is 26.0 Å². The molecule has 0 unspecified atom stereocenters. The first-order valence-corrected chi connectivity index (χ1v) is 5.71. The van der Waals surface area contributed by atoms with Gasteiger partial charge in [-0.05, 0) is 11.6 Å². The van der Waals surface area contributed by atoms with E-state index in [1.165, 1.54) is 0 Å². The lowest BCUT2D eigenvalue weighted by molar-refractivity contribution is -0.135. The van der Waals surface area contributed by atoms with Crippen LogP contribution in [0.4, 0.5) is 0 Å². The molecule has 0 fully saturated rings. The van der Waals surface area contributed by atoms with Gasteiger partial charge in [0.2, 0.25) is 0 Å². The summed E-state index contributed by atoms with van der Waals surface area (Å²) in [6.07, 6.45) is 1.04. The number of carbonyl (C=O) groups excluding carboxylic acids is 1. The highest BCUT2D eigenvalue weighted by atomic mass is 32.2. The SMILES string of the molecule is COC(=O)C(=Cc1ccccc1)S(=O)(=O)O. The lowest BCUT2D eigenvalue weighted by Gasteiger charge is -2.01. The fraction of sp³-hybridized carbons (Fsp3) is 0.100. The molecule has 0 aromatic heterocycles. The fourth-order valence-corrected chi connectivity index (χ4v) is 1.62. The van der Waals surface area contributed by atoms with E-state index >= 15 is 0 Å². The molecule has 0 atom stereocenters. The summed E-state index contributed by atoms with van der Waals surface area (Å²) in [7, 11) is -3.55. The molecule has 1 rings (SSSR count). The molecule has 0 aliphatic rings. The van der Waals surface area contributed by atoms with Crippen LogP contribution in [0.25, 0.3) is 6.08 Å². The van der Waals surface area contributed by atoms with Crippen molar-refractivity contribution in [2.75, 3.05) is 7.11 Å². The van der Waals surface area contributed by atoms with Crippen LogP contribution in [0.1, 0.15) is 5.56 Å². The van der Waals surface area contributed by atoms with E-state index in [1.54, 1.807) is 30.3 Å². The predicted molar refractivity (Wildman–Crippen MR) is 58.0 cm³/mol. The van der Waals surface area contributed by atoms with Crippen LogP contribution in [0.5, 0.6) is 0 Å². The van der Waals surface area contributed by atoms with Crippen LogP contribution in [-0.2, 0) is 19.6 Å². The Morgan fingerprint density at radius 3 is 2.31 bits per heavy atom. The smallest absolute Gasteiger partial charge is 0.352 e. The van der Waals surface area contributed by atoms with E-state index in [1.807, 2.05) is 0 Å². The number of ether oxygens (including phenoxy) is 1. The average molecular weight is 242 g/mol. The van der Waals surface area contributed by atoms with Gasteiger partial charge in [0.15, 0.2) is 4.91 Å². The summed E-state index contributed by atoms with van der Waals surface area (Å²) >= 11 is 0. The molecule has 0 amide bonds. The summed E-state index contributed by atoms with van der Waals surface area (Å²) in [6.45, 7) is 0. The van der Waals surface area contributed by atoms with E-state index in [9.17, 15) is 13.2 Å². The molecule has 0 saturated carbocycles. The van der Waals surface area contributed by atoms with Gasteiger partial charge in [-0.1, -0.05) is 30.3 Å². The van der Waals surface area contributed by atoms with Crippen molar-refractivity contribution < 1.29 is 22.5 Å². The minimum atomic E-state index is -4.59. The van der Waals surface area contributed by atoms with Crippen molar-refractivity contribution in [1.29, 1.82) is 0 Å². The normalized spacial score (nSPS) is 12.2. The Hall–Kier alpha value is -1.66. The number of esters is 1. The van der Waals surface area contributed by atoms with Crippen molar-refractivity contribution in [3.8, 4) is 0 Å². The Morgan fingerprint density at radius 2 is 1.88 bits per heavy atom. The first kappa shape index (κ1) is 12.4. The van der Waals surface area contributed by atoms with Gasteiger partial charge < -0.3 is 4.74 Å². The summed E-state index contributed by atoms with van der Waals surface area (Å²) in [6, 6.07) is 8.26. The zero-order chi connectivity index (χ0) is 12.2. The minimum Gasteiger partial charge on any atom is -0.465 e. The molecule has 0 spiro atoms. The third-order valence-corrected chi connectivity index (χ3v) is 2.60. The lowest BCUT2D eigenvalue weighted by Crippen LogP contribution is -2.13. The van der Waals surface area contributed by atoms with E-state index in [0.717, 1.165) is 13.2 Å². The highest BCUT2D eigenvalue weighted by Crippen LogP contribution is 2.12. The maximum atomic E-state index is 11.1. The van der Waals surface area contributed by atoms with Crippen LogP contribution in [0.15, 0.2) is 35.2 Å². The van der Waals surface area contributed by atoms with Crippen molar-refractivity contribution in [1.82, 2.24) is 0 Å².